The summed E-state index contributed by atoms with van der Waals surface area (Å²) in [6.45, 7) is 0. The molecule has 0 aliphatic rings. The molecule has 238 valence electrons. The number of anilines is 3. The molecule has 0 saturated heterocycles. The standard InChI is InChI=1S/C48H30N2O/c1-2-9-31(10-3-1)32-17-22-35(23-18-32)49(37-26-28-41-40-12-5-7-16-46(40)51-47(41)30-37)36-24-19-33(20-25-36)34-21-27-39-43-14-8-13-42-38-11-4-6-15-44(38)50(48(42)43)45(39)29-34/h1-30H. The van der Waals surface area contributed by atoms with E-state index in [1.54, 1.807) is 0 Å². The van der Waals surface area contributed by atoms with Crippen LogP contribution in [-0.2, 0) is 0 Å². The van der Waals surface area contributed by atoms with Gasteiger partial charge in [-0.3, -0.25) is 0 Å². The van der Waals surface area contributed by atoms with Crippen molar-refractivity contribution in [3.05, 3.63) is 182 Å². The number of para-hydroxylation sites is 3. The number of fused-ring (bicyclic) bond motifs is 9. The van der Waals surface area contributed by atoms with Crippen LogP contribution in [0.15, 0.2) is 186 Å². The van der Waals surface area contributed by atoms with Crippen molar-refractivity contribution in [2.24, 2.45) is 0 Å². The summed E-state index contributed by atoms with van der Waals surface area (Å²) in [5.41, 5.74) is 13.5. The third kappa shape index (κ3) is 4.25. The van der Waals surface area contributed by atoms with Crippen molar-refractivity contribution in [3.8, 4) is 22.3 Å². The first-order valence-electron chi connectivity index (χ1n) is 17.4. The van der Waals surface area contributed by atoms with Crippen LogP contribution in [0.5, 0.6) is 0 Å². The lowest BCUT2D eigenvalue weighted by Crippen LogP contribution is -2.09. The van der Waals surface area contributed by atoms with Crippen molar-refractivity contribution in [3.63, 3.8) is 0 Å². The van der Waals surface area contributed by atoms with Gasteiger partial charge in [0.1, 0.15) is 11.2 Å². The number of benzene rings is 8. The summed E-state index contributed by atoms with van der Waals surface area (Å²) < 4.78 is 8.79. The van der Waals surface area contributed by atoms with Crippen LogP contribution < -0.4 is 4.90 Å². The number of furan rings is 1. The highest BCUT2D eigenvalue weighted by Crippen LogP contribution is 2.42. The number of aromatic nitrogens is 1. The molecule has 3 heteroatoms. The smallest absolute Gasteiger partial charge is 0.137 e. The zero-order valence-electron chi connectivity index (χ0n) is 27.6. The molecule has 0 saturated carbocycles. The lowest BCUT2D eigenvalue weighted by atomic mass is 10.0. The normalized spacial score (nSPS) is 11.9. The maximum atomic E-state index is 6.34. The van der Waals surface area contributed by atoms with Crippen molar-refractivity contribution < 1.29 is 4.42 Å². The monoisotopic (exact) mass is 650 g/mol. The second kappa shape index (κ2) is 10.8. The average Bonchev–Trinajstić information content (AvgIpc) is 3.86. The predicted octanol–water partition coefficient (Wildman–Crippen LogP) is 13.5. The van der Waals surface area contributed by atoms with Crippen LogP contribution in [-0.4, -0.2) is 4.40 Å². The van der Waals surface area contributed by atoms with Crippen LogP contribution in [0.2, 0.25) is 0 Å². The van der Waals surface area contributed by atoms with Gasteiger partial charge in [0, 0.05) is 55.4 Å². The van der Waals surface area contributed by atoms with Gasteiger partial charge in [-0.05, 0) is 76.9 Å². The van der Waals surface area contributed by atoms with Gasteiger partial charge in [-0.1, -0.05) is 121 Å². The minimum Gasteiger partial charge on any atom is -0.456 e. The predicted molar refractivity (Wildman–Crippen MR) is 214 cm³/mol. The topological polar surface area (TPSA) is 20.8 Å². The van der Waals surface area contributed by atoms with Gasteiger partial charge in [-0.2, -0.15) is 0 Å². The minimum absolute atomic E-state index is 0.877. The quantitative estimate of drug-likeness (QED) is 0.185. The van der Waals surface area contributed by atoms with Crippen LogP contribution in [0.4, 0.5) is 17.1 Å². The van der Waals surface area contributed by atoms with Gasteiger partial charge in [0.2, 0.25) is 0 Å². The first-order chi connectivity index (χ1) is 25.3. The molecule has 0 bridgehead atoms. The average molecular weight is 651 g/mol. The summed E-state index contributed by atoms with van der Waals surface area (Å²) in [6, 6.07) is 65.4. The fourth-order valence-electron chi connectivity index (χ4n) is 8.15. The van der Waals surface area contributed by atoms with Gasteiger partial charge in [0.05, 0.1) is 16.6 Å². The zero-order chi connectivity index (χ0) is 33.5. The lowest BCUT2D eigenvalue weighted by Gasteiger charge is -2.26. The minimum atomic E-state index is 0.877. The Morgan fingerprint density at radius 3 is 1.63 bits per heavy atom. The van der Waals surface area contributed by atoms with E-state index in [4.69, 9.17) is 4.42 Å². The zero-order valence-corrected chi connectivity index (χ0v) is 27.6. The van der Waals surface area contributed by atoms with E-state index >= 15 is 0 Å². The van der Waals surface area contributed by atoms with Crippen LogP contribution in [0.1, 0.15) is 0 Å². The molecule has 0 aliphatic heterocycles. The summed E-state index contributed by atoms with van der Waals surface area (Å²) in [5.74, 6) is 0. The molecule has 51 heavy (non-hydrogen) atoms. The van der Waals surface area contributed by atoms with Crippen molar-refractivity contribution >= 4 is 77.1 Å². The highest BCUT2D eigenvalue weighted by molar-refractivity contribution is 6.23. The highest BCUT2D eigenvalue weighted by atomic mass is 16.3. The van der Waals surface area contributed by atoms with Gasteiger partial charge in [-0.15, -0.1) is 0 Å². The fourth-order valence-corrected chi connectivity index (χ4v) is 8.15. The highest BCUT2D eigenvalue weighted by Gasteiger charge is 2.19. The van der Waals surface area contributed by atoms with Crippen molar-refractivity contribution in [2.75, 3.05) is 4.90 Å². The molecule has 0 N–H and O–H groups in total. The van der Waals surface area contributed by atoms with E-state index < -0.39 is 0 Å². The Labute approximate surface area is 294 Å². The van der Waals surface area contributed by atoms with Gasteiger partial charge < -0.3 is 13.7 Å². The van der Waals surface area contributed by atoms with Crippen LogP contribution in [0.25, 0.3) is 82.3 Å². The molecular weight excluding hydrogens is 621 g/mol. The third-order valence-corrected chi connectivity index (χ3v) is 10.5. The maximum Gasteiger partial charge on any atom is 0.137 e. The Hall–Kier alpha value is -6.84. The second-order valence-corrected chi connectivity index (χ2v) is 13.4. The van der Waals surface area contributed by atoms with Crippen LogP contribution >= 0.6 is 0 Å². The number of nitrogens with zero attached hydrogens (tertiary/aromatic N) is 2. The Kier molecular flexibility index (Phi) is 5.96. The molecule has 3 nitrogen and oxygen atoms in total. The molecule has 3 heterocycles. The number of hydrogen-bond acceptors (Lipinski definition) is 2. The molecule has 3 aromatic heterocycles. The third-order valence-electron chi connectivity index (χ3n) is 10.5. The molecule has 0 atom stereocenters. The first-order valence-corrected chi connectivity index (χ1v) is 17.4. The molecule has 0 amide bonds. The summed E-state index contributed by atoms with van der Waals surface area (Å²) in [4.78, 5) is 2.31. The van der Waals surface area contributed by atoms with E-state index in [9.17, 15) is 0 Å². The van der Waals surface area contributed by atoms with Gasteiger partial charge in [0.15, 0.2) is 0 Å². The number of rotatable bonds is 5. The van der Waals surface area contributed by atoms with Crippen molar-refractivity contribution in [1.29, 1.82) is 0 Å². The fraction of sp³-hybridized carbons (Fsp3) is 0. The van der Waals surface area contributed by atoms with Gasteiger partial charge in [-0.25, -0.2) is 0 Å². The summed E-state index contributed by atoms with van der Waals surface area (Å²) in [5, 5.41) is 7.45. The molecule has 0 unspecified atom stereocenters. The van der Waals surface area contributed by atoms with Gasteiger partial charge in [0.25, 0.3) is 0 Å². The van der Waals surface area contributed by atoms with Crippen LogP contribution in [0, 0.1) is 0 Å². The Morgan fingerprint density at radius 1 is 0.333 bits per heavy atom. The number of hydrogen-bond donors (Lipinski definition) is 0. The molecule has 0 radical (unpaired) electrons. The summed E-state index contributed by atoms with van der Waals surface area (Å²) >= 11 is 0. The van der Waals surface area contributed by atoms with E-state index in [-0.39, 0.29) is 0 Å². The summed E-state index contributed by atoms with van der Waals surface area (Å²) in [7, 11) is 0. The molecule has 11 rings (SSSR count). The van der Waals surface area contributed by atoms with Crippen LogP contribution in [0.3, 0.4) is 0 Å². The maximum absolute atomic E-state index is 6.34. The van der Waals surface area contributed by atoms with Crippen molar-refractivity contribution in [1.82, 2.24) is 4.40 Å². The Balaban J connectivity index is 1.03. The molecule has 11 aromatic rings. The summed E-state index contributed by atoms with van der Waals surface area (Å²) in [6.07, 6.45) is 0. The largest absolute Gasteiger partial charge is 0.456 e. The first kappa shape index (κ1) is 28.0. The van der Waals surface area contributed by atoms with E-state index in [0.29, 0.717) is 0 Å². The molecule has 0 fully saturated rings. The van der Waals surface area contributed by atoms with E-state index in [1.807, 2.05) is 12.1 Å². The van der Waals surface area contributed by atoms with E-state index in [1.165, 1.54) is 60.3 Å². The van der Waals surface area contributed by atoms with E-state index in [0.717, 1.165) is 39.0 Å². The Morgan fingerprint density at radius 2 is 0.863 bits per heavy atom. The Bertz CT molecular complexity index is 3060. The van der Waals surface area contributed by atoms with E-state index in [2.05, 4.69) is 179 Å². The second-order valence-electron chi connectivity index (χ2n) is 13.4. The molecule has 8 aromatic carbocycles. The SMILES string of the molecule is c1ccc(-c2ccc(N(c3ccc(-c4ccc5c6cccc7c8ccccc8n(c5c4)c76)cc3)c3ccc4c(c3)oc3ccccc34)cc2)cc1. The molecule has 0 spiro atoms. The molecule has 0 aliphatic carbocycles. The van der Waals surface area contributed by atoms with Crippen molar-refractivity contribution in [2.45, 2.75) is 0 Å². The lowest BCUT2D eigenvalue weighted by molar-refractivity contribution is 0.669. The molecular formula is C48H30N2O. The van der Waals surface area contributed by atoms with Gasteiger partial charge >= 0.3 is 0 Å².